The van der Waals surface area contributed by atoms with E-state index in [2.05, 4.69) is 5.32 Å². The molecule has 1 N–H and O–H groups in total. The Kier molecular flexibility index (Phi) is 5.29. The van der Waals surface area contributed by atoms with Crippen molar-refractivity contribution in [3.63, 3.8) is 0 Å². The van der Waals surface area contributed by atoms with E-state index in [4.69, 9.17) is 4.74 Å². The first-order chi connectivity index (χ1) is 10.2. The van der Waals surface area contributed by atoms with Crippen LogP contribution in [0.15, 0.2) is 48.5 Å². The highest BCUT2D eigenvalue weighted by atomic mass is 16.6. The van der Waals surface area contributed by atoms with Crippen LogP contribution in [0.5, 0.6) is 0 Å². The van der Waals surface area contributed by atoms with Crippen LogP contribution in [0.4, 0.5) is 11.4 Å². The molecule has 110 valence electrons. The molecule has 2 aromatic carbocycles. The lowest BCUT2D eigenvalue weighted by molar-refractivity contribution is -0.384. The Labute approximate surface area is 123 Å². The summed E-state index contributed by atoms with van der Waals surface area (Å²) in [6.45, 7) is 3.34. The van der Waals surface area contributed by atoms with Gasteiger partial charge in [-0.25, -0.2) is 0 Å². The molecule has 0 saturated heterocycles. The van der Waals surface area contributed by atoms with Crippen molar-refractivity contribution < 1.29 is 9.66 Å². The van der Waals surface area contributed by atoms with Gasteiger partial charge in [-0.3, -0.25) is 10.1 Å². The second-order valence-electron chi connectivity index (χ2n) is 4.58. The number of benzene rings is 2. The second-order valence-corrected chi connectivity index (χ2v) is 4.58. The van der Waals surface area contributed by atoms with Crippen molar-refractivity contribution >= 4 is 11.4 Å². The Morgan fingerprint density at radius 1 is 1.10 bits per heavy atom. The number of nitro groups is 1. The van der Waals surface area contributed by atoms with Crippen molar-refractivity contribution in [2.75, 3.05) is 11.9 Å². The fraction of sp³-hybridized carbons (Fsp3) is 0.250. The fourth-order valence-electron chi connectivity index (χ4n) is 2.09. The first kappa shape index (κ1) is 15.0. The molecule has 0 aliphatic rings. The van der Waals surface area contributed by atoms with Gasteiger partial charge in [0.15, 0.2) is 0 Å². The molecular formula is C16H18N2O3. The number of rotatable bonds is 7. The third kappa shape index (κ3) is 4.03. The maximum atomic E-state index is 11.1. The number of hydrogen-bond donors (Lipinski definition) is 1. The fourth-order valence-corrected chi connectivity index (χ4v) is 2.09. The maximum Gasteiger partial charge on any atom is 0.292 e. The summed E-state index contributed by atoms with van der Waals surface area (Å²) in [6.07, 6.45) is 0. The molecule has 0 amide bonds. The highest BCUT2D eigenvalue weighted by molar-refractivity contribution is 5.66. The second kappa shape index (κ2) is 7.40. The Morgan fingerprint density at radius 2 is 1.86 bits per heavy atom. The lowest BCUT2D eigenvalue weighted by atomic mass is 10.1. The van der Waals surface area contributed by atoms with E-state index < -0.39 is 0 Å². The predicted molar refractivity (Wildman–Crippen MR) is 82.2 cm³/mol. The van der Waals surface area contributed by atoms with Gasteiger partial charge in [0.25, 0.3) is 5.69 Å². The number of nitro benzene ring substituents is 1. The largest absolute Gasteiger partial charge is 0.379 e. The molecule has 0 saturated carbocycles. The summed E-state index contributed by atoms with van der Waals surface area (Å²) in [5.74, 6) is 0. The summed E-state index contributed by atoms with van der Waals surface area (Å²) in [4.78, 5) is 10.7. The van der Waals surface area contributed by atoms with E-state index in [1.807, 2.05) is 43.3 Å². The van der Waals surface area contributed by atoms with E-state index in [-0.39, 0.29) is 10.6 Å². The molecule has 0 fully saturated rings. The molecular weight excluding hydrogens is 268 g/mol. The van der Waals surface area contributed by atoms with Crippen molar-refractivity contribution in [1.29, 1.82) is 0 Å². The van der Waals surface area contributed by atoms with Crippen LogP contribution in [0.25, 0.3) is 0 Å². The maximum absolute atomic E-state index is 11.1. The van der Waals surface area contributed by atoms with Crippen LogP contribution < -0.4 is 5.32 Å². The molecule has 0 aromatic heterocycles. The highest BCUT2D eigenvalue weighted by Crippen LogP contribution is 2.28. The van der Waals surface area contributed by atoms with Gasteiger partial charge in [-0.1, -0.05) is 42.5 Å². The normalized spacial score (nSPS) is 10.3. The average Bonchev–Trinajstić information content (AvgIpc) is 2.50. The molecule has 2 aromatic rings. The van der Waals surface area contributed by atoms with E-state index in [0.717, 1.165) is 11.1 Å². The van der Waals surface area contributed by atoms with Crippen LogP contribution in [0.1, 0.15) is 18.1 Å². The van der Waals surface area contributed by atoms with Gasteiger partial charge < -0.3 is 10.1 Å². The molecule has 0 atom stereocenters. The van der Waals surface area contributed by atoms with Gasteiger partial charge in [-0.15, -0.1) is 0 Å². The molecule has 0 aliphatic carbocycles. The smallest absolute Gasteiger partial charge is 0.292 e. The zero-order chi connectivity index (χ0) is 15.1. The van der Waals surface area contributed by atoms with Gasteiger partial charge in [-0.05, 0) is 12.5 Å². The first-order valence-corrected chi connectivity index (χ1v) is 6.84. The minimum absolute atomic E-state index is 0.0812. The topological polar surface area (TPSA) is 64.4 Å². The van der Waals surface area contributed by atoms with Crippen molar-refractivity contribution in [1.82, 2.24) is 0 Å². The molecule has 5 nitrogen and oxygen atoms in total. The van der Waals surface area contributed by atoms with Crippen LogP contribution in [-0.4, -0.2) is 11.5 Å². The third-order valence-corrected chi connectivity index (χ3v) is 3.05. The SMILES string of the molecule is CCNc1c(COCc2ccccc2)cccc1[N+](=O)[O-]. The molecule has 0 spiro atoms. The highest BCUT2D eigenvalue weighted by Gasteiger charge is 2.16. The molecule has 0 unspecified atom stereocenters. The average molecular weight is 286 g/mol. The molecule has 5 heteroatoms. The van der Waals surface area contributed by atoms with Crippen LogP contribution >= 0.6 is 0 Å². The summed E-state index contributed by atoms with van der Waals surface area (Å²) in [7, 11) is 0. The Bertz CT molecular complexity index is 600. The number of nitrogens with one attached hydrogen (secondary N) is 1. The van der Waals surface area contributed by atoms with E-state index in [1.165, 1.54) is 6.07 Å². The van der Waals surface area contributed by atoms with Gasteiger partial charge in [0.2, 0.25) is 0 Å². The Morgan fingerprint density at radius 3 is 2.52 bits per heavy atom. The molecule has 2 rings (SSSR count). The number of hydrogen-bond acceptors (Lipinski definition) is 4. The van der Waals surface area contributed by atoms with Crippen LogP contribution in [-0.2, 0) is 18.0 Å². The minimum Gasteiger partial charge on any atom is -0.379 e. The van der Waals surface area contributed by atoms with Crippen LogP contribution in [0.2, 0.25) is 0 Å². The summed E-state index contributed by atoms with van der Waals surface area (Å²) < 4.78 is 5.66. The summed E-state index contributed by atoms with van der Waals surface area (Å²) in [5, 5.41) is 14.1. The van der Waals surface area contributed by atoms with E-state index in [0.29, 0.717) is 25.4 Å². The number of nitrogens with zero attached hydrogens (tertiary/aromatic N) is 1. The Hall–Kier alpha value is -2.40. The number of anilines is 1. The van der Waals surface area contributed by atoms with Crippen molar-refractivity contribution in [2.24, 2.45) is 0 Å². The van der Waals surface area contributed by atoms with E-state index in [9.17, 15) is 10.1 Å². The van der Waals surface area contributed by atoms with Gasteiger partial charge in [0.1, 0.15) is 5.69 Å². The van der Waals surface area contributed by atoms with Gasteiger partial charge in [-0.2, -0.15) is 0 Å². The van der Waals surface area contributed by atoms with E-state index >= 15 is 0 Å². The minimum atomic E-state index is -0.376. The molecule has 0 radical (unpaired) electrons. The number of para-hydroxylation sites is 1. The predicted octanol–water partition coefficient (Wildman–Crippen LogP) is 3.74. The standard InChI is InChI=1S/C16H18N2O3/c1-2-17-16-14(9-6-10-15(16)18(19)20)12-21-11-13-7-4-3-5-8-13/h3-10,17H,2,11-12H2,1H3. The van der Waals surface area contributed by atoms with Crippen LogP contribution in [0, 0.1) is 10.1 Å². The van der Waals surface area contributed by atoms with Gasteiger partial charge in [0, 0.05) is 18.2 Å². The summed E-state index contributed by atoms with van der Waals surface area (Å²) in [6, 6.07) is 14.9. The Balaban J connectivity index is 2.08. The van der Waals surface area contributed by atoms with E-state index in [1.54, 1.807) is 6.07 Å². The van der Waals surface area contributed by atoms with Gasteiger partial charge >= 0.3 is 0 Å². The molecule has 0 heterocycles. The van der Waals surface area contributed by atoms with Crippen molar-refractivity contribution in [2.45, 2.75) is 20.1 Å². The summed E-state index contributed by atoms with van der Waals surface area (Å²) >= 11 is 0. The molecule has 21 heavy (non-hydrogen) atoms. The zero-order valence-corrected chi connectivity index (χ0v) is 11.9. The quantitative estimate of drug-likeness (QED) is 0.622. The molecule has 0 aliphatic heterocycles. The lowest BCUT2D eigenvalue weighted by Crippen LogP contribution is -2.06. The third-order valence-electron chi connectivity index (χ3n) is 3.05. The lowest BCUT2D eigenvalue weighted by Gasteiger charge is -2.11. The monoisotopic (exact) mass is 286 g/mol. The number of ether oxygens (including phenoxy) is 1. The van der Waals surface area contributed by atoms with Crippen LogP contribution in [0.3, 0.4) is 0 Å². The van der Waals surface area contributed by atoms with Crippen molar-refractivity contribution in [3.05, 3.63) is 69.8 Å². The zero-order valence-electron chi connectivity index (χ0n) is 11.9. The summed E-state index contributed by atoms with van der Waals surface area (Å²) in [5.41, 5.74) is 2.49. The van der Waals surface area contributed by atoms with Crippen molar-refractivity contribution in [3.8, 4) is 0 Å². The van der Waals surface area contributed by atoms with Gasteiger partial charge in [0.05, 0.1) is 18.1 Å². The first-order valence-electron chi connectivity index (χ1n) is 6.84. The molecule has 0 bridgehead atoms.